The van der Waals surface area contributed by atoms with Crippen LogP contribution in [0.5, 0.6) is 5.75 Å². The number of nitrogens with zero attached hydrogens (tertiary/aromatic N) is 2. The fraction of sp³-hybridized carbons (Fsp3) is 0.636. The fourth-order valence-corrected chi connectivity index (χ4v) is 3.55. The van der Waals surface area contributed by atoms with Crippen molar-refractivity contribution in [2.45, 2.75) is 39.2 Å². The van der Waals surface area contributed by atoms with Crippen LogP contribution in [0.1, 0.15) is 44.0 Å². The molecule has 3 rings (SSSR count). The van der Waals surface area contributed by atoms with Crippen molar-refractivity contribution in [2.75, 3.05) is 46.0 Å². The van der Waals surface area contributed by atoms with Gasteiger partial charge in [0, 0.05) is 37.7 Å². The molecule has 2 heterocycles. The summed E-state index contributed by atoms with van der Waals surface area (Å²) in [6, 6.07) is 7.28. The van der Waals surface area contributed by atoms with Gasteiger partial charge >= 0.3 is 6.09 Å². The lowest BCUT2D eigenvalue weighted by molar-refractivity contribution is 0.0139. The number of carbonyl (C=O) groups excluding carboxylic acids is 2. The summed E-state index contributed by atoms with van der Waals surface area (Å²) in [7, 11) is 0. The lowest BCUT2D eigenvalue weighted by Gasteiger charge is -2.34. The predicted molar refractivity (Wildman–Crippen MR) is 109 cm³/mol. The van der Waals surface area contributed by atoms with Gasteiger partial charge in [-0.05, 0) is 57.9 Å². The van der Waals surface area contributed by atoms with Crippen LogP contribution in [0.4, 0.5) is 4.79 Å². The average molecular weight is 405 g/mol. The topological polar surface area (TPSA) is 68.3 Å². The van der Waals surface area contributed by atoms with Crippen LogP contribution >= 0.6 is 0 Å². The Balaban J connectivity index is 1.48. The van der Waals surface area contributed by atoms with E-state index in [0.29, 0.717) is 45.0 Å². The summed E-state index contributed by atoms with van der Waals surface area (Å²) < 4.78 is 16.7. The molecule has 2 amide bonds. The molecule has 29 heavy (non-hydrogen) atoms. The van der Waals surface area contributed by atoms with Crippen LogP contribution in [-0.4, -0.2) is 73.4 Å². The quantitative estimate of drug-likeness (QED) is 0.771. The van der Waals surface area contributed by atoms with Crippen LogP contribution in [0, 0.1) is 5.92 Å². The van der Waals surface area contributed by atoms with Gasteiger partial charge in [0.05, 0.1) is 19.8 Å². The third kappa shape index (κ3) is 6.35. The predicted octanol–water partition coefficient (Wildman–Crippen LogP) is 3.18. The summed E-state index contributed by atoms with van der Waals surface area (Å²) in [5, 5.41) is 0. The number of piperidine rings is 1. The molecule has 0 radical (unpaired) electrons. The SMILES string of the molecule is CC(C)(C)OC(=O)N1CCCC(COc2ccc(C(=O)N3CCOCC3)cc2)C1. The molecule has 0 aliphatic carbocycles. The van der Waals surface area contributed by atoms with Crippen LogP contribution in [0.2, 0.25) is 0 Å². The molecule has 1 aromatic rings. The van der Waals surface area contributed by atoms with Gasteiger partial charge in [-0.15, -0.1) is 0 Å². The Morgan fingerprint density at radius 3 is 2.41 bits per heavy atom. The highest BCUT2D eigenvalue weighted by atomic mass is 16.6. The zero-order valence-electron chi connectivity index (χ0n) is 17.7. The van der Waals surface area contributed by atoms with Gasteiger partial charge < -0.3 is 24.0 Å². The first-order chi connectivity index (χ1) is 13.8. The van der Waals surface area contributed by atoms with E-state index in [1.54, 1.807) is 17.0 Å². The Morgan fingerprint density at radius 1 is 1.07 bits per heavy atom. The Morgan fingerprint density at radius 2 is 1.76 bits per heavy atom. The second kappa shape index (κ2) is 9.48. The summed E-state index contributed by atoms with van der Waals surface area (Å²) >= 11 is 0. The van der Waals surface area contributed by atoms with E-state index in [-0.39, 0.29) is 17.9 Å². The maximum Gasteiger partial charge on any atom is 0.410 e. The van der Waals surface area contributed by atoms with Gasteiger partial charge in [-0.25, -0.2) is 4.79 Å². The molecule has 7 nitrogen and oxygen atoms in total. The molecular weight excluding hydrogens is 372 g/mol. The third-order valence-electron chi connectivity index (χ3n) is 5.06. The highest BCUT2D eigenvalue weighted by molar-refractivity contribution is 5.94. The second-order valence-corrected chi connectivity index (χ2v) is 8.67. The van der Waals surface area contributed by atoms with E-state index in [2.05, 4.69) is 0 Å². The first-order valence-electron chi connectivity index (χ1n) is 10.4. The van der Waals surface area contributed by atoms with Gasteiger partial charge in [-0.2, -0.15) is 0 Å². The Hall–Kier alpha value is -2.28. The number of morpholine rings is 1. The molecule has 2 aliphatic heterocycles. The van der Waals surface area contributed by atoms with Crippen molar-refractivity contribution in [1.29, 1.82) is 0 Å². The highest BCUT2D eigenvalue weighted by Gasteiger charge is 2.28. The molecule has 0 spiro atoms. The summed E-state index contributed by atoms with van der Waals surface area (Å²) in [6.45, 7) is 9.99. The van der Waals surface area contributed by atoms with E-state index >= 15 is 0 Å². The summed E-state index contributed by atoms with van der Waals surface area (Å²) in [5.41, 5.74) is 0.175. The van der Waals surface area contributed by atoms with Crippen LogP contribution in [-0.2, 0) is 9.47 Å². The van der Waals surface area contributed by atoms with Crippen molar-refractivity contribution in [3.05, 3.63) is 29.8 Å². The van der Waals surface area contributed by atoms with Crippen molar-refractivity contribution in [1.82, 2.24) is 9.80 Å². The smallest absolute Gasteiger partial charge is 0.410 e. The van der Waals surface area contributed by atoms with Gasteiger partial charge in [0.1, 0.15) is 11.4 Å². The monoisotopic (exact) mass is 404 g/mol. The van der Waals surface area contributed by atoms with Crippen molar-refractivity contribution in [3.63, 3.8) is 0 Å². The molecule has 0 saturated carbocycles. The van der Waals surface area contributed by atoms with E-state index in [1.807, 2.05) is 37.8 Å². The molecule has 0 bridgehead atoms. The van der Waals surface area contributed by atoms with Gasteiger partial charge in [-0.3, -0.25) is 4.79 Å². The molecule has 1 atom stereocenters. The van der Waals surface area contributed by atoms with Crippen molar-refractivity contribution in [2.24, 2.45) is 5.92 Å². The molecule has 0 N–H and O–H groups in total. The third-order valence-corrected chi connectivity index (χ3v) is 5.06. The minimum absolute atomic E-state index is 0.0279. The maximum absolute atomic E-state index is 12.5. The highest BCUT2D eigenvalue weighted by Crippen LogP contribution is 2.21. The number of benzene rings is 1. The van der Waals surface area contributed by atoms with Crippen LogP contribution in [0.15, 0.2) is 24.3 Å². The molecule has 1 unspecified atom stereocenters. The molecule has 2 saturated heterocycles. The molecule has 2 fully saturated rings. The van der Waals surface area contributed by atoms with E-state index < -0.39 is 5.60 Å². The van der Waals surface area contributed by atoms with Gasteiger partial charge in [0.2, 0.25) is 0 Å². The van der Waals surface area contributed by atoms with Crippen molar-refractivity contribution < 1.29 is 23.8 Å². The average Bonchev–Trinajstić information content (AvgIpc) is 2.72. The zero-order chi connectivity index (χ0) is 20.9. The van der Waals surface area contributed by atoms with E-state index in [9.17, 15) is 9.59 Å². The lowest BCUT2D eigenvalue weighted by Crippen LogP contribution is -2.44. The summed E-state index contributed by atoms with van der Waals surface area (Å²) in [6.07, 6.45) is 1.71. The number of ether oxygens (including phenoxy) is 3. The standard InChI is InChI=1S/C22H32N2O5/c1-22(2,3)29-21(26)24-10-4-5-17(15-24)16-28-19-8-6-18(7-9-19)20(25)23-11-13-27-14-12-23/h6-9,17H,4-5,10-16H2,1-3H3. The number of hydrogen-bond acceptors (Lipinski definition) is 5. The molecule has 2 aliphatic rings. The Labute approximate surface area is 172 Å². The van der Waals surface area contributed by atoms with E-state index in [0.717, 1.165) is 25.1 Å². The first kappa shape index (κ1) is 21.4. The van der Waals surface area contributed by atoms with E-state index in [1.165, 1.54) is 0 Å². The van der Waals surface area contributed by atoms with E-state index in [4.69, 9.17) is 14.2 Å². The second-order valence-electron chi connectivity index (χ2n) is 8.67. The molecule has 0 aromatic heterocycles. The minimum atomic E-state index is -0.485. The maximum atomic E-state index is 12.5. The van der Waals surface area contributed by atoms with Crippen LogP contribution < -0.4 is 4.74 Å². The number of hydrogen-bond donors (Lipinski definition) is 0. The molecule has 7 heteroatoms. The molecule has 160 valence electrons. The first-order valence-corrected chi connectivity index (χ1v) is 10.4. The van der Waals surface area contributed by atoms with Gasteiger partial charge in [0.15, 0.2) is 0 Å². The van der Waals surface area contributed by atoms with Gasteiger partial charge in [-0.1, -0.05) is 0 Å². The van der Waals surface area contributed by atoms with Crippen molar-refractivity contribution in [3.8, 4) is 5.75 Å². The Bertz CT molecular complexity index is 692. The van der Waals surface area contributed by atoms with Crippen LogP contribution in [0.25, 0.3) is 0 Å². The molecule has 1 aromatic carbocycles. The normalized spacial score (nSPS) is 20.3. The van der Waals surface area contributed by atoms with Crippen molar-refractivity contribution >= 4 is 12.0 Å². The largest absolute Gasteiger partial charge is 0.493 e. The Kier molecular flexibility index (Phi) is 7.00. The zero-order valence-corrected chi connectivity index (χ0v) is 17.7. The summed E-state index contributed by atoms with van der Waals surface area (Å²) in [5.74, 6) is 1.03. The van der Waals surface area contributed by atoms with Crippen LogP contribution in [0.3, 0.4) is 0 Å². The van der Waals surface area contributed by atoms with Gasteiger partial charge in [0.25, 0.3) is 5.91 Å². The lowest BCUT2D eigenvalue weighted by atomic mass is 9.99. The summed E-state index contributed by atoms with van der Waals surface area (Å²) in [4.78, 5) is 28.4. The number of carbonyl (C=O) groups is 2. The number of amides is 2. The number of likely N-dealkylation sites (tertiary alicyclic amines) is 1. The fourth-order valence-electron chi connectivity index (χ4n) is 3.55. The minimum Gasteiger partial charge on any atom is -0.493 e. The number of rotatable bonds is 4. The molecular formula is C22H32N2O5.